The first-order valence-corrected chi connectivity index (χ1v) is 11.1. The first kappa shape index (κ1) is 18.3. The topological polar surface area (TPSA) is 90.0 Å². The van der Waals surface area contributed by atoms with Gasteiger partial charge >= 0.3 is 6.09 Å². The fraction of sp³-hybridized carbons (Fsp3) is 0.857. The molecule has 0 aromatic rings. The minimum atomic E-state index is -1.04. The fourth-order valence-corrected chi connectivity index (χ4v) is 7.36. The summed E-state index contributed by atoms with van der Waals surface area (Å²) in [5.74, 6) is 2.09. The van der Waals surface area contributed by atoms with Gasteiger partial charge in [-0.1, -0.05) is 0 Å². The van der Waals surface area contributed by atoms with Gasteiger partial charge in [-0.3, -0.25) is 14.5 Å². The Kier molecular flexibility index (Phi) is 4.32. The van der Waals surface area contributed by atoms with Gasteiger partial charge in [0.2, 0.25) is 11.8 Å². The standard InChI is InChI=1S/C21H31N3O4/c25-18(22-21-10-13-7-14(11-21)9-15(8-13)12-21)16-3-1-5-23(16)19(26)17-4-2-6-24(17)20(27)28/h13-17H,1-12H2,(H,22,25)(H,27,28). The molecule has 2 atom stereocenters. The van der Waals surface area contributed by atoms with Gasteiger partial charge in [-0.15, -0.1) is 0 Å². The third-order valence-electron chi connectivity index (χ3n) is 8.05. The number of likely N-dealkylation sites (tertiary alicyclic amines) is 2. The van der Waals surface area contributed by atoms with Gasteiger partial charge < -0.3 is 15.3 Å². The van der Waals surface area contributed by atoms with Crippen LogP contribution < -0.4 is 5.32 Å². The summed E-state index contributed by atoms with van der Waals surface area (Å²) in [6.07, 6.45) is 9.01. The second-order valence-corrected chi connectivity index (χ2v) is 10.0. The number of carbonyl (C=O) groups excluding carboxylic acids is 2. The van der Waals surface area contributed by atoms with E-state index in [1.165, 1.54) is 24.2 Å². The largest absolute Gasteiger partial charge is 0.465 e. The smallest absolute Gasteiger partial charge is 0.407 e. The quantitative estimate of drug-likeness (QED) is 0.774. The molecule has 4 aliphatic carbocycles. The predicted molar refractivity (Wildman–Crippen MR) is 102 cm³/mol. The van der Waals surface area contributed by atoms with Gasteiger partial charge in [0.05, 0.1) is 0 Å². The Morgan fingerprint density at radius 1 is 0.821 bits per heavy atom. The van der Waals surface area contributed by atoms with Gasteiger partial charge in [-0.2, -0.15) is 0 Å². The van der Waals surface area contributed by atoms with Crippen LogP contribution in [0.15, 0.2) is 0 Å². The van der Waals surface area contributed by atoms with E-state index in [1.54, 1.807) is 4.90 Å². The van der Waals surface area contributed by atoms with Gasteiger partial charge in [0, 0.05) is 18.6 Å². The molecular weight excluding hydrogens is 358 g/mol. The summed E-state index contributed by atoms with van der Waals surface area (Å²) in [5.41, 5.74) is -0.0520. The molecule has 7 nitrogen and oxygen atoms in total. The number of nitrogens with zero attached hydrogens (tertiary/aromatic N) is 2. The predicted octanol–water partition coefficient (Wildman–Crippen LogP) is 2.20. The Balaban J connectivity index is 1.28. The lowest BCUT2D eigenvalue weighted by Crippen LogP contribution is -2.63. The summed E-state index contributed by atoms with van der Waals surface area (Å²) < 4.78 is 0. The second-order valence-electron chi connectivity index (χ2n) is 10.0. The van der Waals surface area contributed by atoms with Gasteiger partial charge in [-0.25, -0.2) is 4.79 Å². The molecular formula is C21H31N3O4. The molecule has 0 aromatic carbocycles. The minimum absolute atomic E-state index is 0.00679. The van der Waals surface area contributed by atoms with Crippen molar-refractivity contribution < 1.29 is 19.5 Å². The summed E-state index contributed by atoms with van der Waals surface area (Å²) in [6, 6.07) is -1.05. The van der Waals surface area contributed by atoms with Crippen LogP contribution in [-0.4, -0.2) is 63.5 Å². The lowest BCUT2D eigenvalue weighted by Gasteiger charge is -2.57. The van der Waals surface area contributed by atoms with Crippen molar-refractivity contribution in [2.75, 3.05) is 13.1 Å². The van der Waals surface area contributed by atoms with Crippen molar-refractivity contribution in [3.05, 3.63) is 0 Å². The molecule has 4 bridgehead atoms. The number of carbonyl (C=O) groups is 3. The number of rotatable bonds is 3. The molecule has 6 aliphatic rings. The molecule has 2 unspecified atom stereocenters. The van der Waals surface area contributed by atoms with Crippen LogP contribution in [0.4, 0.5) is 4.79 Å². The second kappa shape index (κ2) is 6.63. The van der Waals surface area contributed by atoms with E-state index in [0.717, 1.165) is 43.4 Å². The maximum Gasteiger partial charge on any atom is 0.407 e. The van der Waals surface area contributed by atoms with Crippen LogP contribution in [-0.2, 0) is 9.59 Å². The Morgan fingerprint density at radius 2 is 1.36 bits per heavy atom. The average Bonchev–Trinajstić information content (AvgIpc) is 3.29. The molecule has 0 spiro atoms. The Morgan fingerprint density at radius 3 is 1.93 bits per heavy atom. The Bertz CT molecular complexity index is 658. The lowest BCUT2D eigenvalue weighted by atomic mass is 9.53. The molecule has 28 heavy (non-hydrogen) atoms. The van der Waals surface area contributed by atoms with Crippen molar-refractivity contribution >= 4 is 17.9 Å². The monoisotopic (exact) mass is 389 g/mol. The van der Waals surface area contributed by atoms with Crippen LogP contribution >= 0.6 is 0 Å². The zero-order chi connectivity index (χ0) is 19.5. The molecule has 154 valence electrons. The number of hydrogen-bond donors (Lipinski definition) is 2. The molecule has 2 heterocycles. The van der Waals surface area contributed by atoms with E-state index in [9.17, 15) is 19.5 Å². The molecule has 6 fully saturated rings. The van der Waals surface area contributed by atoms with E-state index >= 15 is 0 Å². The van der Waals surface area contributed by atoms with Gasteiger partial charge in [0.15, 0.2) is 0 Å². The average molecular weight is 389 g/mol. The summed E-state index contributed by atoms with van der Waals surface area (Å²) in [7, 11) is 0. The Hall–Kier alpha value is -1.79. The van der Waals surface area contributed by atoms with Crippen LogP contribution in [0, 0.1) is 17.8 Å². The van der Waals surface area contributed by atoms with Crippen LogP contribution in [0.2, 0.25) is 0 Å². The van der Waals surface area contributed by atoms with Crippen molar-refractivity contribution in [2.45, 2.75) is 81.8 Å². The van der Waals surface area contributed by atoms with Crippen molar-refractivity contribution in [1.29, 1.82) is 0 Å². The molecule has 2 aliphatic heterocycles. The Labute approximate surface area is 165 Å². The zero-order valence-electron chi connectivity index (χ0n) is 16.4. The first-order valence-electron chi connectivity index (χ1n) is 11.1. The highest BCUT2D eigenvalue weighted by Gasteiger charge is 2.52. The van der Waals surface area contributed by atoms with Crippen LogP contribution in [0.1, 0.15) is 64.2 Å². The highest BCUT2D eigenvalue weighted by atomic mass is 16.4. The number of nitrogens with one attached hydrogen (secondary N) is 1. The van der Waals surface area contributed by atoms with Crippen molar-refractivity contribution in [1.82, 2.24) is 15.1 Å². The van der Waals surface area contributed by atoms with E-state index < -0.39 is 18.2 Å². The summed E-state index contributed by atoms with van der Waals surface area (Å²) in [5, 5.41) is 12.8. The zero-order valence-corrected chi connectivity index (χ0v) is 16.4. The van der Waals surface area contributed by atoms with Gasteiger partial charge in [0.1, 0.15) is 12.1 Å². The van der Waals surface area contributed by atoms with E-state index in [1.807, 2.05) is 0 Å². The van der Waals surface area contributed by atoms with Crippen LogP contribution in [0.5, 0.6) is 0 Å². The third kappa shape index (κ3) is 2.98. The van der Waals surface area contributed by atoms with Crippen LogP contribution in [0.3, 0.4) is 0 Å². The molecule has 3 amide bonds. The summed E-state index contributed by atoms with van der Waals surface area (Å²) in [6.45, 7) is 0.964. The van der Waals surface area contributed by atoms with Crippen LogP contribution in [0.25, 0.3) is 0 Å². The molecule has 7 heteroatoms. The molecule has 6 rings (SSSR count). The van der Waals surface area contributed by atoms with E-state index in [-0.39, 0.29) is 17.4 Å². The van der Waals surface area contributed by atoms with Crippen molar-refractivity contribution in [3.63, 3.8) is 0 Å². The first-order chi connectivity index (χ1) is 13.4. The maximum absolute atomic E-state index is 13.2. The lowest BCUT2D eigenvalue weighted by molar-refractivity contribution is -0.143. The molecule has 2 saturated heterocycles. The van der Waals surface area contributed by atoms with Crippen molar-refractivity contribution in [3.8, 4) is 0 Å². The minimum Gasteiger partial charge on any atom is -0.465 e. The normalized spacial score (nSPS) is 41.5. The van der Waals surface area contributed by atoms with Gasteiger partial charge in [-0.05, 0) is 82.0 Å². The number of carboxylic acid groups (broad SMARTS) is 1. The van der Waals surface area contributed by atoms with E-state index in [0.29, 0.717) is 32.4 Å². The molecule has 2 N–H and O–H groups in total. The van der Waals surface area contributed by atoms with E-state index in [4.69, 9.17) is 0 Å². The third-order valence-corrected chi connectivity index (χ3v) is 8.05. The molecule has 0 radical (unpaired) electrons. The molecule has 4 saturated carbocycles. The van der Waals surface area contributed by atoms with E-state index in [2.05, 4.69) is 5.32 Å². The van der Waals surface area contributed by atoms with Crippen molar-refractivity contribution in [2.24, 2.45) is 17.8 Å². The number of amides is 3. The SMILES string of the molecule is O=C(NC12CC3CC(CC(C3)C1)C2)C1CCCN1C(=O)C1CCCN1C(=O)O. The summed E-state index contributed by atoms with van der Waals surface area (Å²) >= 11 is 0. The highest BCUT2D eigenvalue weighted by molar-refractivity contribution is 5.92. The number of hydrogen-bond acceptors (Lipinski definition) is 3. The van der Waals surface area contributed by atoms with Gasteiger partial charge in [0.25, 0.3) is 0 Å². The fourth-order valence-electron chi connectivity index (χ4n) is 7.36. The highest BCUT2D eigenvalue weighted by Crippen LogP contribution is 2.55. The molecule has 0 aromatic heterocycles. The summed E-state index contributed by atoms with van der Waals surface area (Å²) in [4.78, 5) is 40.7. The maximum atomic E-state index is 13.2.